The van der Waals surface area contributed by atoms with Gasteiger partial charge in [-0.15, -0.1) is 0 Å². The van der Waals surface area contributed by atoms with E-state index in [1.165, 1.54) is 0 Å². The van der Waals surface area contributed by atoms with Crippen LogP contribution in [0, 0.1) is 0 Å². The van der Waals surface area contributed by atoms with E-state index in [2.05, 4.69) is 35.9 Å². The van der Waals surface area contributed by atoms with E-state index in [9.17, 15) is 4.79 Å². The lowest BCUT2D eigenvalue weighted by Gasteiger charge is -2.30. The van der Waals surface area contributed by atoms with Crippen LogP contribution in [0.1, 0.15) is 36.9 Å². The van der Waals surface area contributed by atoms with E-state index < -0.39 is 0 Å². The summed E-state index contributed by atoms with van der Waals surface area (Å²) in [6.07, 6.45) is 7.56. The summed E-state index contributed by atoms with van der Waals surface area (Å²) in [6.45, 7) is 1.19. The van der Waals surface area contributed by atoms with E-state index in [0.717, 1.165) is 48.0 Å². The molecule has 0 spiro atoms. The summed E-state index contributed by atoms with van der Waals surface area (Å²) in [4.78, 5) is 29.1. The van der Waals surface area contributed by atoms with Gasteiger partial charge in [0.15, 0.2) is 12.4 Å². The van der Waals surface area contributed by atoms with Crippen LogP contribution in [0.4, 0.5) is 5.82 Å². The standard InChI is InChI=1S/C23H26ClN7O3/c1-33-20-7-6-18-21(31-20)16(17(24)11-27-18)10-26-14-4-2-13(3-5-14)25-8-15-9-28-23-22(29-15)30-19(32)12-34-23/h6-7,9,11,13-14,25-26H,2-5,8,10,12H2,1H3,(H,29,30,32). The van der Waals surface area contributed by atoms with Gasteiger partial charge < -0.3 is 25.4 Å². The first-order chi connectivity index (χ1) is 16.6. The second-order valence-electron chi connectivity index (χ2n) is 8.47. The number of carbonyl (C=O) groups is 1. The van der Waals surface area contributed by atoms with Crippen LogP contribution in [-0.4, -0.2) is 51.6 Å². The van der Waals surface area contributed by atoms with E-state index in [4.69, 9.17) is 21.1 Å². The zero-order chi connectivity index (χ0) is 23.5. The second-order valence-corrected chi connectivity index (χ2v) is 8.88. The molecule has 1 amide bonds. The first-order valence-electron chi connectivity index (χ1n) is 11.3. The second kappa shape index (κ2) is 10.0. The molecule has 3 N–H and O–H groups in total. The molecule has 11 heteroatoms. The third-order valence-corrected chi connectivity index (χ3v) is 6.53. The van der Waals surface area contributed by atoms with Gasteiger partial charge in [-0.3, -0.25) is 9.78 Å². The van der Waals surface area contributed by atoms with Crippen LogP contribution in [0.5, 0.6) is 11.8 Å². The summed E-state index contributed by atoms with van der Waals surface area (Å²) in [7, 11) is 1.60. The number of nitrogens with zero attached hydrogens (tertiary/aromatic N) is 4. The number of fused-ring (bicyclic) bond motifs is 2. The van der Waals surface area contributed by atoms with Gasteiger partial charge in [0.05, 0.1) is 35.1 Å². The smallest absolute Gasteiger partial charge is 0.263 e. The molecule has 3 aromatic rings. The van der Waals surface area contributed by atoms with E-state index >= 15 is 0 Å². The summed E-state index contributed by atoms with van der Waals surface area (Å²) < 4.78 is 10.5. The molecule has 2 aliphatic rings. The molecule has 10 nitrogen and oxygen atoms in total. The highest BCUT2D eigenvalue weighted by Gasteiger charge is 2.23. The fraction of sp³-hybridized carbons (Fsp3) is 0.435. The summed E-state index contributed by atoms with van der Waals surface area (Å²) in [5.74, 6) is 1.08. The molecule has 0 aromatic carbocycles. The molecule has 1 saturated carbocycles. The number of ether oxygens (including phenoxy) is 2. The monoisotopic (exact) mass is 483 g/mol. The molecular formula is C23H26ClN7O3. The fourth-order valence-electron chi connectivity index (χ4n) is 4.35. The van der Waals surface area contributed by atoms with Gasteiger partial charge in [-0.1, -0.05) is 11.6 Å². The molecule has 5 rings (SSSR count). The van der Waals surface area contributed by atoms with Gasteiger partial charge in [0.2, 0.25) is 5.88 Å². The number of rotatable bonds is 7. The Labute approximate surface area is 201 Å². The van der Waals surface area contributed by atoms with Crippen LogP contribution >= 0.6 is 11.6 Å². The van der Waals surface area contributed by atoms with Crippen LogP contribution in [-0.2, 0) is 17.9 Å². The molecule has 1 fully saturated rings. The van der Waals surface area contributed by atoms with E-state index in [-0.39, 0.29) is 12.5 Å². The Balaban J connectivity index is 1.13. The van der Waals surface area contributed by atoms with Crippen molar-refractivity contribution in [3.05, 3.63) is 40.8 Å². The van der Waals surface area contributed by atoms with Crippen molar-refractivity contribution in [3.63, 3.8) is 0 Å². The molecule has 0 saturated heterocycles. The zero-order valence-electron chi connectivity index (χ0n) is 18.8. The lowest BCUT2D eigenvalue weighted by Crippen LogP contribution is -2.39. The number of carbonyl (C=O) groups excluding carboxylic acids is 1. The molecule has 0 radical (unpaired) electrons. The SMILES string of the molecule is COc1ccc2ncc(Cl)c(CNC3CCC(NCc4cnc5c(n4)NC(=O)CO5)CC3)c2n1. The Morgan fingerprint density at radius 1 is 1.09 bits per heavy atom. The Kier molecular flexibility index (Phi) is 6.70. The molecule has 0 unspecified atom stereocenters. The topological polar surface area (TPSA) is 123 Å². The number of methoxy groups -OCH3 is 1. The molecule has 3 aromatic heterocycles. The maximum absolute atomic E-state index is 11.5. The summed E-state index contributed by atoms with van der Waals surface area (Å²) in [5.41, 5.74) is 3.27. The van der Waals surface area contributed by atoms with Gasteiger partial charge in [-0.2, -0.15) is 0 Å². The van der Waals surface area contributed by atoms with E-state index in [1.54, 1.807) is 25.6 Å². The summed E-state index contributed by atoms with van der Waals surface area (Å²) in [5, 5.41) is 10.5. The maximum atomic E-state index is 11.5. The molecule has 0 atom stereocenters. The normalized spacial score (nSPS) is 19.9. The summed E-state index contributed by atoms with van der Waals surface area (Å²) >= 11 is 6.46. The van der Waals surface area contributed by atoms with Crippen molar-refractivity contribution < 1.29 is 14.3 Å². The van der Waals surface area contributed by atoms with Crippen molar-refractivity contribution in [3.8, 4) is 11.8 Å². The molecule has 0 bridgehead atoms. The zero-order valence-corrected chi connectivity index (χ0v) is 19.6. The first kappa shape index (κ1) is 22.7. The predicted molar refractivity (Wildman–Crippen MR) is 127 cm³/mol. The molecule has 1 aliphatic carbocycles. The first-order valence-corrected chi connectivity index (χ1v) is 11.7. The number of pyridine rings is 2. The van der Waals surface area contributed by atoms with Crippen LogP contribution in [0.25, 0.3) is 11.0 Å². The number of hydrogen-bond acceptors (Lipinski definition) is 9. The van der Waals surface area contributed by atoms with Crippen LogP contribution in [0.15, 0.2) is 24.5 Å². The van der Waals surface area contributed by atoms with Crippen molar-refractivity contribution in [2.45, 2.75) is 50.9 Å². The van der Waals surface area contributed by atoms with Gasteiger partial charge >= 0.3 is 0 Å². The van der Waals surface area contributed by atoms with Gasteiger partial charge in [0.25, 0.3) is 11.8 Å². The number of anilines is 1. The third-order valence-electron chi connectivity index (χ3n) is 6.20. The minimum Gasteiger partial charge on any atom is -0.481 e. The van der Waals surface area contributed by atoms with Crippen molar-refractivity contribution in [1.29, 1.82) is 0 Å². The quantitative estimate of drug-likeness (QED) is 0.465. The van der Waals surface area contributed by atoms with Crippen LogP contribution in [0.2, 0.25) is 5.02 Å². The van der Waals surface area contributed by atoms with Crippen molar-refractivity contribution >= 4 is 34.4 Å². The number of aromatic nitrogens is 4. The van der Waals surface area contributed by atoms with Crippen molar-refractivity contribution in [2.75, 3.05) is 19.0 Å². The van der Waals surface area contributed by atoms with Crippen LogP contribution in [0.3, 0.4) is 0 Å². The minimum absolute atomic E-state index is 0.0230. The van der Waals surface area contributed by atoms with Gasteiger partial charge in [0.1, 0.15) is 0 Å². The Morgan fingerprint density at radius 3 is 2.62 bits per heavy atom. The maximum Gasteiger partial charge on any atom is 0.263 e. The Morgan fingerprint density at radius 2 is 1.85 bits per heavy atom. The Hall–Kier alpha value is -3.08. The highest BCUT2D eigenvalue weighted by molar-refractivity contribution is 6.32. The fourth-order valence-corrected chi connectivity index (χ4v) is 4.55. The lowest BCUT2D eigenvalue weighted by molar-refractivity contribution is -0.118. The molecule has 4 heterocycles. The largest absolute Gasteiger partial charge is 0.481 e. The predicted octanol–water partition coefficient (Wildman–Crippen LogP) is 2.60. The van der Waals surface area contributed by atoms with Crippen molar-refractivity contribution in [1.82, 2.24) is 30.6 Å². The number of amides is 1. The van der Waals surface area contributed by atoms with Crippen LogP contribution < -0.4 is 25.4 Å². The number of halogens is 1. The molecule has 34 heavy (non-hydrogen) atoms. The van der Waals surface area contributed by atoms with Gasteiger partial charge in [-0.05, 0) is 31.7 Å². The van der Waals surface area contributed by atoms with Gasteiger partial charge in [0, 0.05) is 43.0 Å². The highest BCUT2D eigenvalue weighted by Crippen LogP contribution is 2.26. The van der Waals surface area contributed by atoms with Gasteiger partial charge in [-0.25, -0.2) is 15.0 Å². The average molecular weight is 484 g/mol. The number of nitrogens with one attached hydrogen (secondary N) is 3. The van der Waals surface area contributed by atoms with E-state index in [1.807, 2.05) is 6.07 Å². The molecule has 178 valence electrons. The molecular weight excluding hydrogens is 458 g/mol. The third kappa shape index (κ3) is 5.03. The minimum atomic E-state index is -0.214. The summed E-state index contributed by atoms with van der Waals surface area (Å²) in [6, 6.07) is 4.50. The van der Waals surface area contributed by atoms with Crippen molar-refractivity contribution in [2.24, 2.45) is 0 Å². The highest BCUT2D eigenvalue weighted by atomic mass is 35.5. The Bertz CT molecular complexity index is 1200. The van der Waals surface area contributed by atoms with E-state index in [0.29, 0.717) is 47.8 Å². The average Bonchev–Trinajstić information content (AvgIpc) is 2.87. The molecule has 1 aliphatic heterocycles. The lowest BCUT2D eigenvalue weighted by atomic mass is 9.91. The number of hydrogen-bond donors (Lipinski definition) is 3.